The predicted octanol–water partition coefficient (Wildman–Crippen LogP) is 2.90. The highest BCUT2D eigenvalue weighted by Crippen LogP contribution is 2.30. The number of ether oxygens (including phenoxy) is 1. The minimum atomic E-state index is -0.455. The number of nitrogens with one attached hydrogen (secondary N) is 1. The summed E-state index contributed by atoms with van der Waals surface area (Å²) in [6.07, 6.45) is 3.48. The third-order valence-electron chi connectivity index (χ3n) is 5.98. The summed E-state index contributed by atoms with van der Waals surface area (Å²) in [7, 11) is 3.32. The standard InChI is InChI=1S/C24H28N4O3/c1-27-19-12-6-5-11-18(19)26-22(24(27)30)23(29)25-16-20(28-14-8-3-9-15-28)17-10-4-7-13-21(17)31-2/h4-7,10-13,20H,3,8-9,14-16H2,1-2H3,(H,25,29). The van der Waals surface area contributed by atoms with Crippen molar-refractivity contribution in [2.75, 3.05) is 26.7 Å². The Labute approximate surface area is 181 Å². The van der Waals surface area contributed by atoms with E-state index >= 15 is 0 Å². The van der Waals surface area contributed by atoms with Crippen LogP contribution in [-0.2, 0) is 7.05 Å². The minimum Gasteiger partial charge on any atom is -0.496 e. The summed E-state index contributed by atoms with van der Waals surface area (Å²) < 4.78 is 7.06. The smallest absolute Gasteiger partial charge is 0.282 e. The fourth-order valence-electron chi connectivity index (χ4n) is 4.31. The van der Waals surface area contributed by atoms with Crippen LogP contribution >= 0.6 is 0 Å². The van der Waals surface area contributed by atoms with Gasteiger partial charge in [-0.25, -0.2) is 4.98 Å². The van der Waals surface area contributed by atoms with E-state index in [2.05, 4.69) is 15.2 Å². The Morgan fingerprint density at radius 2 is 1.81 bits per heavy atom. The number of nitrogens with zero attached hydrogens (tertiary/aromatic N) is 3. The maximum absolute atomic E-state index is 13.0. The summed E-state index contributed by atoms with van der Waals surface area (Å²) in [5.74, 6) is 0.343. The van der Waals surface area contributed by atoms with Gasteiger partial charge in [-0.2, -0.15) is 0 Å². The lowest BCUT2D eigenvalue weighted by Gasteiger charge is -2.35. The number of aryl methyl sites for hydroxylation is 1. The second-order valence-corrected chi connectivity index (χ2v) is 7.88. The van der Waals surface area contributed by atoms with Crippen LogP contribution in [0.15, 0.2) is 53.3 Å². The van der Waals surface area contributed by atoms with E-state index in [0.29, 0.717) is 17.6 Å². The minimum absolute atomic E-state index is 0.0373. The van der Waals surface area contributed by atoms with E-state index in [0.717, 1.165) is 37.2 Å². The van der Waals surface area contributed by atoms with Crippen molar-refractivity contribution in [1.82, 2.24) is 19.8 Å². The van der Waals surface area contributed by atoms with Crippen molar-refractivity contribution in [3.8, 4) is 5.75 Å². The first-order valence-electron chi connectivity index (χ1n) is 10.7. The molecule has 7 nitrogen and oxygen atoms in total. The number of amides is 1. The van der Waals surface area contributed by atoms with Gasteiger partial charge in [-0.1, -0.05) is 36.8 Å². The molecule has 31 heavy (non-hydrogen) atoms. The number of carbonyl (C=O) groups excluding carboxylic acids is 1. The Morgan fingerprint density at radius 3 is 2.58 bits per heavy atom. The molecule has 1 amide bonds. The van der Waals surface area contributed by atoms with Crippen LogP contribution in [0, 0.1) is 0 Å². The third kappa shape index (κ3) is 4.32. The fourth-order valence-corrected chi connectivity index (χ4v) is 4.31. The average Bonchev–Trinajstić information content (AvgIpc) is 2.82. The van der Waals surface area contributed by atoms with Gasteiger partial charge >= 0.3 is 0 Å². The molecule has 2 heterocycles. The fraction of sp³-hybridized carbons (Fsp3) is 0.375. The summed E-state index contributed by atoms with van der Waals surface area (Å²) >= 11 is 0. The summed E-state index contributed by atoms with van der Waals surface area (Å²) in [6.45, 7) is 2.31. The van der Waals surface area contributed by atoms with Crippen LogP contribution in [-0.4, -0.2) is 47.1 Å². The molecule has 0 radical (unpaired) electrons. The number of piperidine rings is 1. The zero-order valence-corrected chi connectivity index (χ0v) is 18.0. The van der Waals surface area contributed by atoms with Crippen molar-refractivity contribution in [3.05, 3.63) is 70.1 Å². The van der Waals surface area contributed by atoms with Gasteiger partial charge in [0.15, 0.2) is 5.69 Å². The number of methoxy groups -OCH3 is 1. The SMILES string of the molecule is COc1ccccc1C(CNC(=O)c1nc2ccccc2n(C)c1=O)N1CCCCC1. The maximum atomic E-state index is 13.0. The lowest BCUT2D eigenvalue weighted by Crippen LogP contribution is -2.42. The second-order valence-electron chi connectivity index (χ2n) is 7.88. The van der Waals surface area contributed by atoms with Crippen LogP contribution < -0.4 is 15.6 Å². The van der Waals surface area contributed by atoms with Crippen molar-refractivity contribution in [3.63, 3.8) is 0 Å². The highest BCUT2D eigenvalue weighted by molar-refractivity contribution is 5.93. The summed E-state index contributed by atoms with van der Waals surface area (Å²) in [6, 6.07) is 15.2. The Morgan fingerprint density at radius 1 is 1.10 bits per heavy atom. The molecule has 1 atom stereocenters. The summed E-state index contributed by atoms with van der Waals surface area (Å²) in [5, 5.41) is 2.97. The van der Waals surface area contributed by atoms with Crippen LogP contribution in [0.3, 0.4) is 0 Å². The van der Waals surface area contributed by atoms with Gasteiger partial charge in [-0.05, 0) is 44.1 Å². The van der Waals surface area contributed by atoms with Crippen molar-refractivity contribution in [2.45, 2.75) is 25.3 Å². The maximum Gasteiger partial charge on any atom is 0.282 e. The molecule has 0 saturated carbocycles. The highest BCUT2D eigenvalue weighted by Gasteiger charge is 2.26. The van der Waals surface area contributed by atoms with Gasteiger partial charge in [0.25, 0.3) is 11.5 Å². The molecular formula is C24H28N4O3. The molecule has 1 saturated heterocycles. The molecule has 1 aliphatic heterocycles. The Hall–Kier alpha value is -3.19. The van der Waals surface area contributed by atoms with Crippen LogP contribution in [0.2, 0.25) is 0 Å². The average molecular weight is 421 g/mol. The molecule has 3 aromatic rings. The van der Waals surface area contributed by atoms with E-state index in [1.54, 1.807) is 20.2 Å². The zero-order chi connectivity index (χ0) is 21.8. The van der Waals surface area contributed by atoms with Gasteiger partial charge in [0.1, 0.15) is 5.75 Å². The number of fused-ring (bicyclic) bond motifs is 1. The molecule has 0 bridgehead atoms. The number of rotatable bonds is 6. The summed E-state index contributed by atoms with van der Waals surface area (Å²) in [5.41, 5.74) is 1.87. The first-order valence-corrected chi connectivity index (χ1v) is 10.7. The number of aromatic nitrogens is 2. The highest BCUT2D eigenvalue weighted by atomic mass is 16.5. The van der Waals surface area contributed by atoms with Crippen LogP contribution in [0.4, 0.5) is 0 Å². The van der Waals surface area contributed by atoms with Crippen LogP contribution in [0.5, 0.6) is 5.75 Å². The lowest BCUT2D eigenvalue weighted by atomic mass is 10.0. The lowest BCUT2D eigenvalue weighted by molar-refractivity contribution is 0.0916. The normalized spacial score (nSPS) is 15.5. The van der Waals surface area contributed by atoms with Gasteiger partial charge in [0.2, 0.25) is 0 Å². The molecule has 1 aromatic heterocycles. The molecule has 7 heteroatoms. The molecule has 1 unspecified atom stereocenters. The number of hydrogen-bond acceptors (Lipinski definition) is 5. The Bertz CT molecular complexity index is 1140. The van der Waals surface area contributed by atoms with Crippen molar-refractivity contribution >= 4 is 16.9 Å². The molecule has 1 N–H and O–H groups in total. The van der Waals surface area contributed by atoms with Crippen LogP contribution in [0.25, 0.3) is 11.0 Å². The van der Waals surface area contributed by atoms with E-state index < -0.39 is 11.5 Å². The molecule has 2 aromatic carbocycles. The number of carbonyl (C=O) groups is 1. The second kappa shape index (κ2) is 9.31. The number of hydrogen-bond donors (Lipinski definition) is 1. The van der Waals surface area contributed by atoms with Crippen molar-refractivity contribution in [2.24, 2.45) is 7.05 Å². The monoisotopic (exact) mass is 420 g/mol. The molecular weight excluding hydrogens is 392 g/mol. The first-order chi connectivity index (χ1) is 15.1. The van der Waals surface area contributed by atoms with Gasteiger partial charge < -0.3 is 14.6 Å². The molecule has 162 valence electrons. The van der Waals surface area contributed by atoms with Crippen molar-refractivity contribution < 1.29 is 9.53 Å². The number of benzene rings is 2. The van der Waals surface area contributed by atoms with Gasteiger partial charge in [-0.3, -0.25) is 14.5 Å². The number of para-hydroxylation sites is 3. The van der Waals surface area contributed by atoms with Crippen molar-refractivity contribution in [1.29, 1.82) is 0 Å². The third-order valence-corrected chi connectivity index (χ3v) is 5.98. The van der Waals surface area contributed by atoms with E-state index in [-0.39, 0.29) is 11.7 Å². The molecule has 0 spiro atoms. The molecule has 0 aliphatic carbocycles. The van der Waals surface area contributed by atoms with Crippen LogP contribution in [0.1, 0.15) is 41.4 Å². The van der Waals surface area contributed by atoms with Gasteiger partial charge in [0, 0.05) is 19.2 Å². The first kappa shape index (κ1) is 21.1. The largest absolute Gasteiger partial charge is 0.496 e. The summed E-state index contributed by atoms with van der Waals surface area (Å²) in [4.78, 5) is 32.5. The van der Waals surface area contributed by atoms with E-state index in [9.17, 15) is 9.59 Å². The van der Waals surface area contributed by atoms with Gasteiger partial charge in [-0.15, -0.1) is 0 Å². The number of likely N-dealkylation sites (tertiary alicyclic amines) is 1. The van der Waals surface area contributed by atoms with E-state index in [4.69, 9.17) is 4.74 Å². The molecule has 1 fully saturated rings. The van der Waals surface area contributed by atoms with E-state index in [1.807, 2.05) is 42.5 Å². The van der Waals surface area contributed by atoms with Gasteiger partial charge in [0.05, 0.1) is 24.2 Å². The quantitative estimate of drug-likeness (QED) is 0.664. The molecule has 1 aliphatic rings. The predicted molar refractivity (Wildman–Crippen MR) is 120 cm³/mol. The molecule has 4 rings (SSSR count). The Balaban J connectivity index is 1.61. The Kier molecular flexibility index (Phi) is 6.32. The topological polar surface area (TPSA) is 76.5 Å². The van der Waals surface area contributed by atoms with E-state index in [1.165, 1.54) is 11.0 Å². The zero-order valence-electron chi connectivity index (χ0n) is 18.0.